The summed E-state index contributed by atoms with van der Waals surface area (Å²) in [7, 11) is 0. The highest BCUT2D eigenvalue weighted by molar-refractivity contribution is 7.14. The van der Waals surface area contributed by atoms with E-state index in [0.29, 0.717) is 27.9 Å². The van der Waals surface area contributed by atoms with Gasteiger partial charge in [0.15, 0.2) is 5.13 Å². The summed E-state index contributed by atoms with van der Waals surface area (Å²) in [5, 5.41) is 8.22. The topological polar surface area (TPSA) is 71.1 Å². The van der Waals surface area contributed by atoms with E-state index in [2.05, 4.69) is 15.6 Å². The number of carbonyl (C=O) groups is 2. The highest BCUT2D eigenvalue weighted by Gasteiger charge is 2.26. The second-order valence-electron chi connectivity index (χ2n) is 6.17. The molecule has 6 heteroatoms. The van der Waals surface area contributed by atoms with E-state index < -0.39 is 0 Å². The van der Waals surface area contributed by atoms with Crippen molar-refractivity contribution >= 4 is 34.0 Å². The molecule has 130 valence electrons. The van der Waals surface area contributed by atoms with Crippen molar-refractivity contribution in [1.29, 1.82) is 0 Å². The normalized spacial score (nSPS) is 13.2. The molecule has 1 saturated carbocycles. The molecule has 5 nitrogen and oxygen atoms in total. The summed E-state index contributed by atoms with van der Waals surface area (Å²) >= 11 is 1.43. The minimum absolute atomic E-state index is 0.254. The van der Waals surface area contributed by atoms with Gasteiger partial charge in [0.2, 0.25) is 0 Å². The van der Waals surface area contributed by atoms with Crippen molar-refractivity contribution in [3.05, 3.63) is 76.8 Å². The van der Waals surface area contributed by atoms with Crippen LogP contribution in [0, 0.1) is 0 Å². The lowest BCUT2D eigenvalue weighted by Crippen LogP contribution is -2.18. The smallest absolute Gasteiger partial charge is 0.259 e. The zero-order chi connectivity index (χ0) is 17.9. The van der Waals surface area contributed by atoms with Gasteiger partial charge < -0.3 is 5.32 Å². The Hall–Kier alpha value is -2.99. The summed E-state index contributed by atoms with van der Waals surface area (Å²) in [5.41, 5.74) is 2.46. The third-order valence-corrected chi connectivity index (χ3v) is 4.97. The van der Waals surface area contributed by atoms with Crippen LogP contribution in [0.1, 0.15) is 45.2 Å². The van der Waals surface area contributed by atoms with Crippen LogP contribution in [0.3, 0.4) is 0 Å². The molecule has 2 N–H and O–H groups in total. The van der Waals surface area contributed by atoms with Gasteiger partial charge in [0.25, 0.3) is 11.8 Å². The zero-order valence-corrected chi connectivity index (χ0v) is 14.8. The van der Waals surface area contributed by atoms with Crippen LogP contribution in [0.5, 0.6) is 0 Å². The molecule has 0 atom stereocenters. The van der Waals surface area contributed by atoms with Crippen molar-refractivity contribution in [2.45, 2.75) is 18.8 Å². The van der Waals surface area contributed by atoms with Gasteiger partial charge in [-0.3, -0.25) is 14.9 Å². The highest BCUT2D eigenvalue weighted by Crippen LogP contribution is 2.40. The van der Waals surface area contributed by atoms with E-state index in [1.165, 1.54) is 24.2 Å². The van der Waals surface area contributed by atoms with Crippen molar-refractivity contribution in [3.8, 4) is 0 Å². The molecule has 1 aliphatic carbocycles. The lowest BCUT2D eigenvalue weighted by Gasteiger charge is -2.10. The van der Waals surface area contributed by atoms with Crippen molar-refractivity contribution in [3.63, 3.8) is 0 Å². The number of para-hydroxylation sites is 1. The third kappa shape index (κ3) is 3.65. The van der Waals surface area contributed by atoms with Crippen molar-refractivity contribution in [2.24, 2.45) is 0 Å². The van der Waals surface area contributed by atoms with E-state index in [4.69, 9.17) is 0 Å². The molecule has 26 heavy (non-hydrogen) atoms. The number of amides is 2. The largest absolute Gasteiger partial charge is 0.321 e. The lowest BCUT2D eigenvalue weighted by molar-refractivity contribution is 0.102. The number of nitrogens with zero attached hydrogens (tertiary/aromatic N) is 1. The molecule has 2 aromatic carbocycles. The SMILES string of the molecule is O=C(Nc1ccccc1C(=O)Nc1nc(C2CC2)cs1)c1ccccc1. The van der Waals surface area contributed by atoms with Crippen LogP contribution in [0.15, 0.2) is 60.0 Å². The minimum Gasteiger partial charge on any atom is -0.321 e. The first-order valence-corrected chi connectivity index (χ1v) is 9.31. The van der Waals surface area contributed by atoms with Crippen molar-refractivity contribution in [2.75, 3.05) is 10.6 Å². The first-order chi connectivity index (χ1) is 12.7. The van der Waals surface area contributed by atoms with Crippen LogP contribution in [-0.4, -0.2) is 16.8 Å². The molecule has 1 aromatic heterocycles. The lowest BCUT2D eigenvalue weighted by atomic mass is 10.1. The molecule has 0 spiro atoms. The van der Waals surface area contributed by atoms with Crippen molar-refractivity contribution in [1.82, 2.24) is 4.98 Å². The van der Waals surface area contributed by atoms with E-state index >= 15 is 0 Å². The number of benzene rings is 2. The molecular formula is C20H17N3O2S. The van der Waals surface area contributed by atoms with Crippen molar-refractivity contribution < 1.29 is 9.59 Å². The molecule has 0 radical (unpaired) electrons. The number of rotatable bonds is 5. The average Bonchev–Trinajstić information content (AvgIpc) is 3.42. The monoisotopic (exact) mass is 363 g/mol. The van der Waals surface area contributed by atoms with Gasteiger partial charge in [-0.15, -0.1) is 11.3 Å². The summed E-state index contributed by atoms with van der Waals surface area (Å²) in [4.78, 5) is 29.5. The third-order valence-electron chi connectivity index (χ3n) is 4.19. The molecule has 0 unspecified atom stereocenters. The predicted octanol–water partition coefficient (Wildman–Crippen LogP) is 4.53. The molecule has 3 aromatic rings. The number of nitrogens with one attached hydrogen (secondary N) is 2. The summed E-state index contributed by atoms with van der Waals surface area (Å²) in [6.45, 7) is 0. The van der Waals surface area contributed by atoms with E-state index in [1.807, 2.05) is 11.4 Å². The summed E-state index contributed by atoms with van der Waals surface area (Å²) in [6, 6.07) is 15.9. The molecule has 0 saturated heterocycles. The Kier molecular flexibility index (Phi) is 4.50. The van der Waals surface area contributed by atoms with Gasteiger partial charge in [-0.25, -0.2) is 4.98 Å². The Morgan fingerprint density at radius 2 is 1.65 bits per heavy atom. The fourth-order valence-corrected chi connectivity index (χ4v) is 3.44. The van der Waals surface area contributed by atoms with Crippen LogP contribution in [0.2, 0.25) is 0 Å². The number of carbonyl (C=O) groups excluding carboxylic acids is 2. The van der Waals surface area contributed by atoms with E-state index in [0.717, 1.165) is 5.69 Å². The first kappa shape index (κ1) is 16.5. The fraction of sp³-hybridized carbons (Fsp3) is 0.150. The summed E-state index contributed by atoms with van der Waals surface area (Å²) < 4.78 is 0. The maximum Gasteiger partial charge on any atom is 0.259 e. The maximum atomic E-state index is 12.7. The van der Waals surface area contributed by atoms with E-state index in [-0.39, 0.29) is 11.8 Å². The zero-order valence-electron chi connectivity index (χ0n) is 13.9. The molecule has 1 heterocycles. The Bertz CT molecular complexity index is 948. The molecule has 0 aliphatic heterocycles. The van der Waals surface area contributed by atoms with Gasteiger partial charge in [-0.2, -0.15) is 0 Å². The number of anilines is 2. The second-order valence-corrected chi connectivity index (χ2v) is 7.03. The van der Waals surface area contributed by atoms with Gasteiger partial charge in [0, 0.05) is 16.9 Å². The molecule has 4 rings (SSSR count). The number of aromatic nitrogens is 1. The second kappa shape index (κ2) is 7.09. The number of hydrogen-bond acceptors (Lipinski definition) is 4. The van der Waals surface area contributed by atoms with Gasteiger partial charge in [0.1, 0.15) is 0 Å². The van der Waals surface area contributed by atoms with Gasteiger partial charge in [-0.1, -0.05) is 30.3 Å². The Labute approximate surface area is 155 Å². The predicted molar refractivity (Wildman–Crippen MR) is 103 cm³/mol. The molecular weight excluding hydrogens is 346 g/mol. The molecule has 1 aliphatic rings. The van der Waals surface area contributed by atoms with Crippen LogP contribution < -0.4 is 10.6 Å². The minimum atomic E-state index is -0.286. The molecule has 0 bridgehead atoms. The average molecular weight is 363 g/mol. The van der Waals surface area contributed by atoms with E-state index in [9.17, 15) is 9.59 Å². The standard InChI is InChI=1S/C20H17N3O2S/c24-18(14-6-2-1-3-7-14)21-16-9-5-4-8-15(16)19(25)23-20-22-17(12-26-20)13-10-11-13/h1-9,12-13H,10-11H2,(H,21,24)(H,22,23,25). The molecule has 1 fully saturated rings. The molecule has 2 amide bonds. The fourth-order valence-electron chi connectivity index (χ4n) is 2.65. The summed E-state index contributed by atoms with van der Waals surface area (Å²) in [5.74, 6) is 0.0103. The van der Waals surface area contributed by atoms with Crippen LogP contribution in [0.25, 0.3) is 0 Å². The first-order valence-electron chi connectivity index (χ1n) is 8.43. The number of thiazole rings is 1. The number of hydrogen-bond donors (Lipinski definition) is 2. The Morgan fingerprint density at radius 1 is 0.923 bits per heavy atom. The summed E-state index contributed by atoms with van der Waals surface area (Å²) in [6.07, 6.45) is 2.34. The van der Waals surface area contributed by atoms with E-state index in [1.54, 1.807) is 48.5 Å². The quantitative estimate of drug-likeness (QED) is 0.700. The van der Waals surface area contributed by atoms with Crippen LogP contribution in [0.4, 0.5) is 10.8 Å². The Balaban J connectivity index is 1.50. The maximum absolute atomic E-state index is 12.7. The highest BCUT2D eigenvalue weighted by atomic mass is 32.1. The van der Waals surface area contributed by atoms with Gasteiger partial charge >= 0.3 is 0 Å². The van der Waals surface area contributed by atoms with Crippen LogP contribution in [-0.2, 0) is 0 Å². The Morgan fingerprint density at radius 3 is 2.42 bits per heavy atom. The van der Waals surface area contributed by atoms with Gasteiger partial charge in [-0.05, 0) is 37.1 Å². The van der Waals surface area contributed by atoms with Crippen LogP contribution >= 0.6 is 11.3 Å². The van der Waals surface area contributed by atoms with Gasteiger partial charge in [0.05, 0.1) is 16.9 Å².